The van der Waals surface area contributed by atoms with E-state index >= 15 is 0 Å². The summed E-state index contributed by atoms with van der Waals surface area (Å²) in [6.45, 7) is 3.03. The second kappa shape index (κ2) is 8.07. The van der Waals surface area contributed by atoms with Crippen molar-refractivity contribution in [3.05, 3.63) is 46.5 Å². The molecule has 154 valence electrons. The molecule has 1 fully saturated rings. The Morgan fingerprint density at radius 3 is 2.73 bits per heavy atom. The maximum absolute atomic E-state index is 12.2. The van der Waals surface area contributed by atoms with Crippen LogP contribution in [0, 0.1) is 0 Å². The molecular formula is C20H20N6O3S. The molecule has 30 heavy (non-hydrogen) atoms. The van der Waals surface area contributed by atoms with Gasteiger partial charge in [0.25, 0.3) is 5.91 Å². The van der Waals surface area contributed by atoms with Gasteiger partial charge in [-0.25, -0.2) is 9.97 Å². The summed E-state index contributed by atoms with van der Waals surface area (Å²) in [5.74, 6) is -0.102. The monoisotopic (exact) mass is 424 g/mol. The predicted molar refractivity (Wildman–Crippen MR) is 115 cm³/mol. The summed E-state index contributed by atoms with van der Waals surface area (Å²) in [4.78, 5) is 35.4. The van der Waals surface area contributed by atoms with Crippen molar-refractivity contribution in [2.45, 2.75) is 19.8 Å². The number of fused-ring (bicyclic) bond motifs is 1. The maximum Gasteiger partial charge on any atom is 0.261 e. The van der Waals surface area contributed by atoms with Gasteiger partial charge in [-0.2, -0.15) is 0 Å². The maximum atomic E-state index is 12.2. The van der Waals surface area contributed by atoms with E-state index in [1.807, 2.05) is 6.92 Å². The molecule has 3 heterocycles. The van der Waals surface area contributed by atoms with Crippen molar-refractivity contribution in [2.75, 3.05) is 23.7 Å². The number of carbonyl (C=O) groups is 2. The molecule has 4 N–H and O–H groups in total. The molecule has 4 rings (SSSR count). The number of hydrogen-bond acceptors (Lipinski definition) is 8. The van der Waals surface area contributed by atoms with Crippen LogP contribution in [-0.2, 0) is 4.79 Å². The van der Waals surface area contributed by atoms with E-state index in [1.165, 1.54) is 11.3 Å². The summed E-state index contributed by atoms with van der Waals surface area (Å²) in [7, 11) is 0. The fourth-order valence-corrected chi connectivity index (χ4v) is 4.39. The molecular weight excluding hydrogens is 404 g/mol. The molecule has 9 nitrogen and oxygen atoms in total. The van der Waals surface area contributed by atoms with Crippen molar-refractivity contribution in [1.29, 1.82) is 0 Å². The third kappa shape index (κ3) is 3.57. The fourth-order valence-electron chi connectivity index (χ4n) is 3.44. The molecule has 0 radical (unpaired) electrons. The van der Waals surface area contributed by atoms with Crippen molar-refractivity contribution in [3.8, 4) is 0 Å². The lowest BCUT2D eigenvalue weighted by atomic mass is 10.0. The van der Waals surface area contributed by atoms with Gasteiger partial charge in [-0.3, -0.25) is 9.59 Å². The van der Waals surface area contributed by atoms with E-state index in [1.54, 1.807) is 35.2 Å². The van der Waals surface area contributed by atoms with Crippen molar-refractivity contribution in [2.24, 2.45) is 5.16 Å². The number of nitrogens with two attached hydrogens (primary N) is 1. The van der Waals surface area contributed by atoms with E-state index < -0.39 is 0 Å². The highest BCUT2D eigenvalue weighted by Gasteiger charge is 2.23. The highest BCUT2D eigenvalue weighted by Crippen LogP contribution is 2.29. The molecule has 0 aliphatic carbocycles. The molecule has 10 heteroatoms. The number of nitrogens with one attached hydrogen (secondary N) is 1. The van der Waals surface area contributed by atoms with Gasteiger partial charge in [0.15, 0.2) is 0 Å². The van der Waals surface area contributed by atoms with Gasteiger partial charge in [0.1, 0.15) is 16.2 Å². The van der Waals surface area contributed by atoms with E-state index in [9.17, 15) is 14.8 Å². The number of oxime groups is 1. The Morgan fingerprint density at radius 1 is 1.33 bits per heavy atom. The van der Waals surface area contributed by atoms with E-state index in [2.05, 4.69) is 20.4 Å². The highest BCUT2D eigenvalue weighted by atomic mass is 32.1. The number of nitrogen functional groups attached to an aromatic ring is 1. The van der Waals surface area contributed by atoms with E-state index in [-0.39, 0.29) is 23.5 Å². The first-order valence-electron chi connectivity index (χ1n) is 9.50. The Balaban J connectivity index is 1.74. The summed E-state index contributed by atoms with van der Waals surface area (Å²) in [5.41, 5.74) is 7.78. The van der Waals surface area contributed by atoms with Gasteiger partial charge in [-0.1, -0.05) is 17.3 Å². The van der Waals surface area contributed by atoms with Crippen LogP contribution in [0.25, 0.3) is 10.2 Å². The molecule has 2 aromatic heterocycles. The van der Waals surface area contributed by atoms with E-state index in [0.717, 1.165) is 12.1 Å². The zero-order valence-corrected chi connectivity index (χ0v) is 17.1. The standard InChI is InChI=1S/C20H20N6O3S/c1-2-22-18(28)14-10-13-17(23-20(21)24-19(13)30-14)16(25-29)11-5-7-12(8-6-11)26-9-3-4-15(26)27/h5-8,10,29H,2-4,9H2,1H3,(H,22,28)(H2,21,23,24). The number of anilines is 2. The Hall–Kier alpha value is -3.53. The van der Waals surface area contributed by atoms with Crippen molar-refractivity contribution in [1.82, 2.24) is 15.3 Å². The molecule has 2 amide bonds. The van der Waals surface area contributed by atoms with Gasteiger partial charge < -0.3 is 21.2 Å². The summed E-state index contributed by atoms with van der Waals surface area (Å²) in [6.07, 6.45) is 1.39. The first-order chi connectivity index (χ1) is 14.5. The molecule has 1 aliphatic heterocycles. The zero-order chi connectivity index (χ0) is 21.3. The second-order valence-electron chi connectivity index (χ2n) is 6.76. The first kappa shape index (κ1) is 19.8. The number of aromatic nitrogens is 2. The van der Waals surface area contributed by atoms with E-state index in [4.69, 9.17) is 5.73 Å². The van der Waals surface area contributed by atoms with Crippen molar-refractivity contribution in [3.63, 3.8) is 0 Å². The molecule has 0 bridgehead atoms. The zero-order valence-electron chi connectivity index (χ0n) is 16.3. The fraction of sp³-hybridized carbons (Fsp3) is 0.250. The number of thiophene rings is 1. The van der Waals surface area contributed by atoms with Crippen LogP contribution in [0.4, 0.5) is 11.6 Å². The topological polar surface area (TPSA) is 134 Å². The molecule has 1 saturated heterocycles. The lowest BCUT2D eigenvalue weighted by Crippen LogP contribution is -2.23. The second-order valence-corrected chi connectivity index (χ2v) is 7.79. The van der Waals surface area contributed by atoms with Crippen LogP contribution in [0.5, 0.6) is 0 Å². The first-order valence-corrected chi connectivity index (χ1v) is 10.3. The molecule has 0 spiro atoms. The molecule has 0 unspecified atom stereocenters. The number of hydrogen-bond donors (Lipinski definition) is 3. The molecule has 0 saturated carbocycles. The normalized spacial score (nSPS) is 14.5. The quantitative estimate of drug-likeness (QED) is 0.327. The number of carbonyl (C=O) groups excluding carboxylic acids is 2. The third-order valence-electron chi connectivity index (χ3n) is 4.82. The minimum atomic E-state index is -0.216. The highest BCUT2D eigenvalue weighted by molar-refractivity contribution is 7.20. The van der Waals surface area contributed by atoms with E-state index in [0.29, 0.717) is 45.9 Å². The Morgan fingerprint density at radius 2 is 2.10 bits per heavy atom. The Kier molecular flexibility index (Phi) is 5.32. The van der Waals surface area contributed by atoms with Gasteiger partial charge in [-0.05, 0) is 31.5 Å². The molecule has 0 atom stereocenters. The minimum Gasteiger partial charge on any atom is -0.410 e. The largest absolute Gasteiger partial charge is 0.410 e. The number of benzene rings is 1. The molecule has 3 aromatic rings. The van der Waals surface area contributed by atoms with Crippen LogP contribution in [-0.4, -0.2) is 45.8 Å². The van der Waals surface area contributed by atoms with Gasteiger partial charge in [-0.15, -0.1) is 11.3 Å². The lowest BCUT2D eigenvalue weighted by molar-refractivity contribution is -0.117. The van der Waals surface area contributed by atoms with Crippen molar-refractivity contribution < 1.29 is 14.8 Å². The van der Waals surface area contributed by atoms with Gasteiger partial charge >= 0.3 is 0 Å². The molecule has 1 aromatic carbocycles. The Bertz CT molecular complexity index is 1160. The van der Waals surface area contributed by atoms with Gasteiger partial charge in [0, 0.05) is 36.1 Å². The SMILES string of the molecule is CCNC(=O)c1cc2c(C(=NO)c3ccc(N4CCCC4=O)cc3)nc(N)nc2s1. The van der Waals surface area contributed by atoms with Crippen LogP contribution in [0.2, 0.25) is 0 Å². The van der Waals surface area contributed by atoms with Crippen LogP contribution in [0.3, 0.4) is 0 Å². The summed E-state index contributed by atoms with van der Waals surface area (Å²) >= 11 is 1.19. The average Bonchev–Trinajstić information content (AvgIpc) is 3.35. The van der Waals surface area contributed by atoms with Gasteiger partial charge in [0.2, 0.25) is 11.9 Å². The molecule has 1 aliphatic rings. The van der Waals surface area contributed by atoms with Crippen molar-refractivity contribution >= 4 is 50.7 Å². The smallest absolute Gasteiger partial charge is 0.261 e. The minimum absolute atomic E-state index is 0.0160. The number of amides is 2. The van der Waals surface area contributed by atoms with Gasteiger partial charge in [0.05, 0.1) is 4.88 Å². The number of nitrogens with zero attached hydrogens (tertiary/aromatic N) is 4. The van der Waals surface area contributed by atoms with Crippen LogP contribution < -0.4 is 16.0 Å². The summed E-state index contributed by atoms with van der Waals surface area (Å²) in [5, 5.41) is 16.5. The number of rotatable bonds is 5. The van der Waals surface area contributed by atoms with Crippen LogP contribution >= 0.6 is 11.3 Å². The summed E-state index contributed by atoms with van der Waals surface area (Å²) in [6, 6.07) is 8.80. The third-order valence-corrected chi connectivity index (χ3v) is 5.85. The lowest BCUT2D eigenvalue weighted by Gasteiger charge is -2.16. The van der Waals surface area contributed by atoms with Crippen LogP contribution in [0.1, 0.15) is 40.7 Å². The average molecular weight is 424 g/mol. The predicted octanol–water partition coefficient (Wildman–Crippen LogP) is 2.38. The van der Waals surface area contributed by atoms with Crippen LogP contribution in [0.15, 0.2) is 35.5 Å². The Labute approximate surface area is 176 Å². The summed E-state index contributed by atoms with van der Waals surface area (Å²) < 4.78 is 0.